The van der Waals surface area contributed by atoms with Crippen molar-refractivity contribution >= 4 is 17.2 Å². The van der Waals surface area contributed by atoms with Crippen LogP contribution in [0, 0.1) is 11.8 Å². The lowest BCUT2D eigenvalue weighted by Gasteiger charge is -2.34. The zero-order chi connectivity index (χ0) is 13.8. The third-order valence-corrected chi connectivity index (χ3v) is 5.46. The van der Waals surface area contributed by atoms with Crippen molar-refractivity contribution in [2.24, 2.45) is 17.6 Å². The molecule has 106 valence electrons. The highest BCUT2D eigenvalue weighted by atomic mass is 32.1. The molecule has 1 heterocycles. The van der Waals surface area contributed by atoms with Gasteiger partial charge in [-0.25, -0.2) is 0 Å². The number of amides is 1. The Labute approximate surface area is 119 Å². The molecule has 1 aliphatic carbocycles. The van der Waals surface area contributed by atoms with Crippen LogP contribution in [0.15, 0.2) is 17.5 Å². The van der Waals surface area contributed by atoms with Gasteiger partial charge in [-0.05, 0) is 43.7 Å². The molecule has 0 aromatic carbocycles. The molecule has 3 atom stereocenters. The molecular weight excluding hydrogens is 256 g/mol. The third kappa shape index (κ3) is 3.18. The number of hydrogen-bond donors (Lipinski definition) is 1. The fourth-order valence-corrected chi connectivity index (χ4v) is 3.81. The second-order valence-corrected chi connectivity index (χ2v) is 6.51. The zero-order valence-electron chi connectivity index (χ0n) is 11.8. The van der Waals surface area contributed by atoms with E-state index in [4.69, 9.17) is 5.73 Å². The van der Waals surface area contributed by atoms with Crippen molar-refractivity contribution in [2.45, 2.75) is 38.6 Å². The molecular formula is C15H24N2OS. The molecule has 0 saturated heterocycles. The molecule has 0 bridgehead atoms. The Morgan fingerprint density at radius 3 is 2.89 bits per heavy atom. The Balaban J connectivity index is 2.05. The van der Waals surface area contributed by atoms with Crippen molar-refractivity contribution in [1.82, 2.24) is 4.90 Å². The minimum Gasteiger partial charge on any atom is -0.338 e. The molecule has 0 radical (unpaired) electrons. The average molecular weight is 280 g/mol. The topological polar surface area (TPSA) is 46.3 Å². The summed E-state index contributed by atoms with van der Waals surface area (Å²) in [5.41, 5.74) is 5.83. The molecule has 2 N–H and O–H groups in total. The Hall–Kier alpha value is -0.870. The number of nitrogens with two attached hydrogens (primary N) is 1. The van der Waals surface area contributed by atoms with Gasteiger partial charge in [-0.3, -0.25) is 4.79 Å². The molecule has 1 fully saturated rings. The van der Waals surface area contributed by atoms with Crippen molar-refractivity contribution in [3.8, 4) is 0 Å². The summed E-state index contributed by atoms with van der Waals surface area (Å²) >= 11 is 1.71. The van der Waals surface area contributed by atoms with E-state index in [-0.39, 0.29) is 17.9 Å². The summed E-state index contributed by atoms with van der Waals surface area (Å²) in [5, 5.41) is 2.06. The van der Waals surface area contributed by atoms with Crippen LogP contribution in [0.2, 0.25) is 0 Å². The molecule has 2 rings (SSSR count). The minimum atomic E-state index is 0.131. The van der Waals surface area contributed by atoms with Gasteiger partial charge >= 0.3 is 0 Å². The maximum absolute atomic E-state index is 12.7. The molecule has 0 aliphatic heterocycles. The van der Waals surface area contributed by atoms with Gasteiger partial charge in [0.1, 0.15) is 0 Å². The molecule has 1 aliphatic rings. The summed E-state index contributed by atoms with van der Waals surface area (Å²) in [4.78, 5) is 15.8. The van der Waals surface area contributed by atoms with E-state index in [0.717, 1.165) is 19.3 Å². The Morgan fingerprint density at radius 1 is 1.53 bits per heavy atom. The summed E-state index contributed by atoms with van der Waals surface area (Å²) in [7, 11) is 1.93. The number of hydrogen-bond acceptors (Lipinski definition) is 3. The number of nitrogens with zero attached hydrogens (tertiary/aromatic N) is 1. The summed E-state index contributed by atoms with van der Waals surface area (Å²) in [6.45, 7) is 2.74. The first-order valence-corrected chi connectivity index (χ1v) is 8.03. The quantitative estimate of drug-likeness (QED) is 0.921. The predicted molar refractivity (Wildman–Crippen MR) is 80.0 cm³/mol. The maximum atomic E-state index is 12.7. The van der Waals surface area contributed by atoms with Gasteiger partial charge in [0.25, 0.3) is 0 Å². The maximum Gasteiger partial charge on any atom is 0.226 e. The van der Waals surface area contributed by atoms with Crippen LogP contribution in [0.3, 0.4) is 0 Å². The van der Waals surface area contributed by atoms with Gasteiger partial charge in [0.05, 0.1) is 6.04 Å². The van der Waals surface area contributed by atoms with Gasteiger partial charge < -0.3 is 10.6 Å². The van der Waals surface area contributed by atoms with Crippen LogP contribution in [0.25, 0.3) is 0 Å². The summed E-state index contributed by atoms with van der Waals surface area (Å²) in [5.74, 6) is 0.779. The van der Waals surface area contributed by atoms with Gasteiger partial charge in [-0.1, -0.05) is 18.9 Å². The van der Waals surface area contributed by atoms with Gasteiger partial charge in [-0.15, -0.1) is 11.3 Å². The minimum absolute atomic E-state index is 0.131. The van der Waals surface area contributed by atoms with Gasteiger partial charge in [-0.2, -0.15) is 0 Å². The van der Waals surface area contributed by atoms with Crippen LogP contribution in [0.4, 0.5) is 0 Å². The molecule has 1 saturated carbocycles. The summed E-state index contributed by atoms with van der Waals surface area (Å²) in [6, 6.07) is 4.30. The molecule has 1 amide bonds. The fourth-order valence-electron chi connectivity index (χ4n) is 2.99. The Kier molecular flexibility index (Phi) is 4.99. The van der Waals surface area contributed by atoms with Crippen LogP contribution in [-0.4, -0.2) is 24.4 Å². The lowest BCUT2D eigenvalue weighted by Crippen LogP contribution is -2.41. The number of carbonyl (C=O) groups excluding carboxylic acids is 1. The highest BCUT2D eigenvalue weighted by Gasteiger charge is 2.33. The standard InChI is InChI=1S/C15H24N2OS/c1-11(14-8-5-9-19-14)17(2)15(18)13-7-4-3-6-12(13)10-16/h5,8-9,11-13H,3-4,6-7,10,16H2,1-2H3. The second-order valence-electron chi connectivity index (χ2n) is 5.53. The van der Waals surface area contributed by atoms with Crippen molar-refractivity contribution < 1.29 is 4.79 Å². The zero-order valence-corrected chi connectivity index (χ0v) is 12.7. The molecule has 1 aromatic heterocycles. The highest BCUT2D eigenvalue weighted by Crippen LogP contribution is 2.33. The van der Waals surface area contributed by atoms with Crippen LogP contribution < -0.4 is 5.73 Å². The smallest absolute Gasteiger partial charge is 0.226 e. The molecule has 0 spiro atoms. The predicted octanol–water partition coefficient (Wildman–Crippen LogP) is 3.03. The molecule has 1 aromatic rings. The highest BCUT2D eigenvalue weighted by molar-refractivity contribution is 7.10. The first kappa shape index (κ1) is 14.5. The lowest BCUT2D eigenvalue weighted by atomic mass is 9.78. The van der Waals surface area contributed by atoms with Crippen molar-refractivity contribution in [3.05, 3.63) is 22.4 Å². The Bertz CT molecular complexity index is 404. The van der Waals surface area contributed by atoms with E-state index < -0.39 is 0 Å². The van der Waals surface area contributed by atoms with Gasteiger partial charge in [0.2, 0.25) is 5.91 Å². The van der Waals surface area contributed by atoms with Crippen molar-refractivity contribution in [1.29, 1.82) is 0 Å². The van der Waals surface area contributed by atoms with Crippen LogP contribution >= 0.6 is 11.3 Å². The van der Waals surface area contributed by atoms with Crippen LogP contribution in [-0.2, 0) is 4.79 Å². The second kappa shape index (κ2) is 6.53. The van der Waals surface area contributed by atoms with E-state index in [2.05, 4.69) is 18.4 Å². The molecule has 19 heavy (non-hydrogen) atoms. The van der Waals surface area contributed by atoms with Gasteiger partial charge in [0.15, 0.2) is 0 Å². The van der Waals surface area contributed by atoms with E-state index in [1.807, 2.05) is 18.0 Å². The van der Waals surface area contributed by atoms with Gasteiger partial charge in [0, 0.05) is 17.8 Å². The number of rotatable bonds is 4. The lowest BCUT2D eigenvalue weighted by molar-refractivity contribution is -0.139. The molecule has 3 nitrogen and oxygen atoms in total. The first-order valence-electron chi connectivity index (χ1n) is 7.15. The third-order valence-electron chi connectivity index (χ3n) is 4.41. The fraction of sp³-hybridized carbons (Fsp3) is 0.667. The van der Waals surface area contributed by atoms with E-state index in [9.17, 15) is 4.79 Å². The molecule has 4 heteroatoms. The van der Waals surface area contributed by atoms with Crippen molar-refractivity contribution in [3.63, 3.8) is 0 Å². The van der Waals surface area contributed by atoms with E-state index >= 15 is 0 Å². The summed E-state index contributed by atoms with van der Waals surface area (Å²) < 4.78 is 0. The normalized spacial score (nSPS) is 25.0. The van der Waals surface area contributed by atoms with E-state index in [1.165, 1.54) is 11.3 Å². The number of carbonyl (C=O) groups is 1. The largest absolute Gasteiger partial charge is 0.338 e. The summed E-state index contributed by atoms with van der Waals surface area (Å²) in [6.07, 6.45) is 4.49. The monoisotopic (exact) mass is 280 g/mol. The average Bonchev–Trinajstić information content (AvgIpc) is 2.99. The van der Waals surface area contributed by atoms with E-state index in [1.54, 1.807) is 11.3 Å². The first-order chi connectivity index (χ1) is 9.15. The molecule has 3 unspecified atom stereocenters. The van der Waals surface area contributed by atoms with E-state index in [0.29, 0.717) is 12.5 Å². The van der Waals surface area contributed by atoms with Crippen LogP contribution in [0.5, 0.6) is 0 Å². The SMILES string of the molecule is CC(c1cccs1)N(C)C(=O)C1CCCCC1CN. The number of thiophene rings is 1. The van der Waals surface area contributed by atoms with Crippen LogP contribution in [0.1, 0.15) is 43.5 Å². The van der Waals surface area contributed by atoms with Crippen molar-refractivity contribution in [2.75, 3.05) is 13.6 Å². The Morgan fingerprint density at radius 2 is 2.26 bits per heavy atom.